The minimum absolute atomic E-state index is 0.0649. The van der Waals surface area contributed by atoms with Crippen molar-refractivity contribution in [1.82, 2.24) is 18.4 Å². The van der Waals surface area contributed by atoms with E-state index in [4.69, 9.17) is 4.74 Å². The fourth-order valence-corrected chi connectivity index (χ4v) is 4.55. The Morgan fingerprint density at radius 2 is 2.04 bits per heavy atom. The van der Waals surface area contributed by atoms with Crippen LogP contribution in [0.5, 0.6) is 0 Å². The van der Waals surface area contributed by atoms with Gasteiger partial charge < -0.3 is 4.74 Å². The highest BCUT2D eigenvalue weighted by Crippen LogP contribution is 2.27. The molecule has 3 rings (SSSR count). The van der Waals surface area contributed by atoms with E-state index in [2.05, 4.69) is 5.10 Å². The molecule has 1 saturated carbocycles. The number of rotatable bonds is 6. The average molecular weight is 342 g/mol. The van der Waals surface area contributed by atoms with Crippen molar-refractivity contribution < 1.29 is 13.2 Å². The minimum Gasteiger partial charge on any atom is -0.379 e. The van der Waals surface area contributed by atoms with Crippen LogP contribution in [0.4, 0.5) is 0 Å². The summed E-state index contributed by atoms with van der Waals surface area (Å²) in [5, 5.41) is 4.35. The molecule has 0 aromatic carbocycles. The fourth-order valence-electron chi connectivity index (χ4n) is 3.43. The average Bonchev–Trinajstić information content (AvgIpc) is 3.17. The van der Waals surface area contributed by atoms with Crippen LogP contribution in [0.3, 0.4) is 0 Å². The van der Waals surface area contributed by atoms with Crippen molar-refractivity contribution in [3.05, 3.63) is 18.0 Å². The highest BCUT2D eigenvalue weighted by atomic mass is 32.2. The van der Waals surface area contributed by atoms with Crippen molar-refractivity contribution >= 4 is 10.2 Å². The van der Waals surface area contributed by atoms with Gasteiger partial charge in [0.25, 0.3) is 10.2 Å². The van der Waals surface area contributed by atoms with Gasteiger partial charge in [0.2, 0.25) is 0 Å². The van der Waals surface area contributed by atoms with Crippen molar-refractivity contribution in [3.63, 3.8) is 0 Å². The zero-order valence-corrected chi connectivity index (χ0v) is 14.7. The third-order valence-corrected chi connectivity index (χ3v) is 6.63. The molecule has 7 nitrogen and oxygen atoms in total. The number of nitrogens with zero attached hydrogens (tertiary/aromatic N) is 4. The molecule has 0 amide bonds. The van der Waals surface area contributed by atoms with Gasteiger partial charge in [-0.25, -0.2) is 0 Å². The maximum atomic E-state index is 12.4. The molecule has 1 atom stereocenters. The van der Waals surface area contributed by atoms with Gasteiger partial charge in [0.1, 0.15) is 0 Å². The Bertz CT molecular complexity index is 622. The van der Waals surface area contributed by atoms with E-state index in [0.717, 1.165) is 12.3 Å². The number of ether oxygens (including phenoxy) is 1. The van der Waals surface area contributed by atoms with E-state index in [1.165, 1.54) is 34.3 Å². The highest BCUT2D eigenvalue weighted by molar-refractivity contribution is 7.86. The molecule has 1 unspecified atom stereocenters. The Hall–Kier alpha value is -0.960. The lowest BCUT2D eigenvalue weighted by molar-refractivity contribution is 0.0587. The number of hydrogen-bond donors (Lipinski definition) is 0. The second-order valence-corrected chi connectivity index (χ2v) is 8.83. The molecule has 0 saturated heterocycles. The van der Waals surface area contributed by atoms with Gasteiger partial charge in [0.15, 0.2) is 0 Å². The maximum Gasteiger partial charge on any atom is 0.281 e. The SMILES string of the molecule is CN(C)S(=O)(=O)N1Cc2ccnn2C(COCC2CCCC2)C1. The van der Waals surface area contributed by atoms with Crippen LogP contribution in [0, 0.1) is 5.92 Å². The molecule has 0 bridgehead atoms. The summed E-state index contributed by atoms with van der Waals surface area (Å²) in [6, 6.07) is 1.81. The first-order valence-corrected chi connectivity index (χ1v) is 9.66. The lowest BCUT2D eigenvalue weighted by Crippen LogP contribution is -2.47. The number of aromatic nitrogens is 2. The normalized spacial score (nSPS) is 23.5. The van der Waals surface area contributed by atoms with Crippen LogP contribution in [0.25, 0.3) is 0 Å². The van der Waals surface area contributed by atoms with Gasteiger partial charge in [-0.3, -0.25) is 4.68 Å². The second kappa shape index (κ2) is 6.88. The van der Waals surface area contributed by atoms with E-state index in [1.807, 2.05) is 10.7 Å². The molecular formula is C15H26N4O3S. The summed E-state index contributed by atoms with van der Waals surface area (Å²) in [7, 11) is -0.299. The van der Waals surface area contributed by atoms with E-state index in [9.17, 15) is 8.42 Å². The first kappa shape index (κ1) is 16.9. The molecule has 8 heteroatoms. The van der Waals surface area contributed by atoms with Gasteiger partial charge >= 0.3 is 0 Å². The largest absolute Gasteiger partial charge is 0.379 e. The van der Waals surface area contributed by atoms with Crippen molar-refractivity contribution in [1.29, 1.82) is 0 Å². The van der Waals surface area contributed by atoms with Crippen molar-refractivity contribution in [2.24, 2.45) is 5.92 Å². The second-order valence-electron chi connectivity index (χ2n) is 6.69. The Labute approximate surface area is 138 Å². The summed E-state index contributed by atoms with van der Waals surface area (Å²) in [4.78, 5) is 0. The molecule has 0 N–H and O–H groups in total. The van der Waals surface area contributed by atoms with Crippen molar-refractivity contribution in [2.45, 2.75) is 38.3 Å². The molecule has 1 aliphatic carbocycles. The van der Waals surface area contributed by atoms with Crippen LogP contribution >= 0.6 is 0 Å². The maximum absolute atomic E-state index is 12.4. The van der Waals surface area contributed by atoms with Crippen LogP contribution in [-0.2, 0) is 21.5 Å². The molecule has 1 aromatic rings. The van der Waals surface area contributed by atoms with Gasteiger partial charge in [-0.1, -0.05) is 12.8 Å². The van der Waals surface area contributed by atoms with Crippen LogP contribution < -0.4 is 0 Å². The third kappa shape index (κ3) is 3.60. The lowest BCUT2D eigenvalue weighted by Gasteiger charge is -2.34. The summed E-state index contributed by atoms with van der Waals surface area (Å²) in [6.07, 6.45) is 6.83. The summed E-state index contributed by atoms with van der Waals surface area (Å²) in [5.41, 5.74) is 0.913. The summed E-state index contributed by atoms with van der Waals surface area (Å²) in [5.74, 6) is 0.664. The van der Waals surface area contributed by atoms with Gasteiger partial charge in [-0.2, -0.15) is 22.1 Å². The molecule has 130 valence electrons. The van der Waals surface area contributed by atoms with E-state index >= 15 is 0 Å². The first-order chi connectivity index (χ1) is 11.0. The Kier molecular flexibility index (Phi) is 5.05. The molecular weight excluding hydrogens is 316 g/mol. The fraction of sp³-hybridized carbons (Fsp3) is 0.800. The zero-order valence-electron chi connectivity index (χ0n) is 13.9. The van der Waals surface area contributed by atoms with Gasteiger partial charge in [-0.05, 0) is 24.8 Å². The monoisotopic (exact) mass is 342 g/mol. The smallest absolute Gasteiger partial charge is 0.281 e. The van der Waals surface area contributed by atoms with Crippen molar-refractivity contribution in [2.75, 3.05) is 33.9 Å². The Balaban J connectivity index is 1.66. The topological polar surface area (TPSA) is 67.7 Å². The van der Waals surface area contributed by atoms with E-state index in [0.29, 0.717) is 25.6 Å². The highest BCUT2D eigenvalue weighted by Gasteiger charge is 2.34. The van der Waals surface area contributed by atoms with Crippen LogP contribution in [-0.4, -0.2) is 60.7 Å². The predicted octanol–water partition coefficient (Wildman–Crippen LogP) is 1.25. The van der Waals surface area contributed by atoms with Gasteiger partial charge in [-0.15, -0.1) is 0 Å². The van der Waals surface area contributed by atoms with Crippen LogP contribution in [0.15, 0.2) is 12.3 Å². The molecule has 1 aliphatic heterocycles. The van der Waals surface area contributed by atoms with E-state index < -0.39 is 10.2 Å². The lowest BCUT2D eigenvalue weighted by atomic mass is 10.1. The van der Waals surface area contributed by atoms with Crippen LogP contribution in [0.2, 0.25) is 0 Å². The molecule has 23 heavy (non-hydrogen) atoms. The molecule has 1 fully saturated rings. The van der Waals surface area contributed by atoms with E-state index in [1.54, 1.807) is 20.3 Å². The summed E-state index contributed by atoms with van der Waals surface area (Å²) >= 11 is 0. The van der Waals surface area contributed by atoms with Gasteiger partial charge in [0, 0.05) is 33.4 Å². The number of hydrogen-bond acceptors (Lipinski definition) is 4. The standard InChI is InChI=1S/C15H26N4O3S/c1-17(2)23(20,21)18-9-14-7-8-16-19(14)15(10-18)12-22-11-13-5-3-4-6-13/h7-8,13,15H,3-6,9-12H2,1-2H3. The molecule has 2 aliphatic rings. The quantitative estimate of drug-likeness (QED) is 0.780. The Morgan fingerprint density at radius 1 is 1.30 bits per heavy atom. The van der Waals surface area contributed by atoms with E-state index in [-0.39, 0.29) is 6.04 Å². The predicted molar refractivity (Wildman–Crippen MR) is 87.1 cm³/mol. The molecule has 2 heterocycles. The zero-order chi connectivity index (χ0) is 16.4. The number of fused-ring (bicyclic) bond motifs is 1. The third-order valence-electron chi connectivity index (χ3n) is 4.78. The first-order valence-electron chi connectivity index (χ1n) is 8.26. The Morgan fingerprint density at radius 3 is 2.74 bits per heavy atom. The van der Waals surface area contributed by atoms with Gasteiger partial charge in [0.05, 0.1) is 24.9 Å². The summed E-state index contributed by atoms with van der Waals surface area (Å²) < 4.78 is 35.4. The summed E-state index contributed by atoms with van der Waals surface area (Å²) in [6.45, 7) is 2.04. The van der Waals surface area contributed by atoms with Crippen LogP contribution in [0.1, 0.15) is 37.4 Å². The van der Waals surface area contributed by atoms with Crippen molar-refractivity contribution in [3.8, 4) is 0 Å². The molecule has 0 radical (unpaired) electrons. The minimum atomic E-state index is -3.42. The molecule has 0 spiro atoms. The molecule has 1 aromatic heterocycles.